The number of hydrogen-bond donors (Lipinski definition) is 2. The lowest BCUT2D eigenvalue weighted by atomic mass is 10.1. The van der Waals surface area contributed by atoms with Crippen molar-refractivity contribution in [3.8, 4) is 0 Å². The molecule has 18 heavy (non-hydrogen) atoms. The van der Waals surface area contributed by atoms with E-state index in [1.54, 1.807) is 13.1 Å². The van der Waals surface area contributed by atoms with E-state index >= 15 is 0 Å². The Bertz CT molecular complexity index is 474. The standard InChI is InChI=1S/C14H18N2O2/c1-10(2)8-14(18)16-12-7-5-4-6-11(12)9-13(17)15-3/h4-8H,9H2,1-3H3,(H,15,17)(H,16,18). The molecule has 0 aliphatic rings. The number of anilines is 1. The van der Waals surface area contributed by atoms with Crippen molar-refractivity contribution in [2.75, 3.05) is 12.4 Å². The van der Waals surface area contributed by atoms with E-state index in [9.17, 15) is 9.59 Å². The van der Waals surface area contributed by atoms with Crippen LogP contribution < -0.4 is 10.6 Å². The number of hydrogen-bond acceptors (Lipinski definition) is 2. The third-order valence-corrected chi connectivity index (χ3v) is 2.32. The van der Waals surface area contributed by atoms with Gasteiger partial charge in [0.1, 0.15) is 0 Å². The SMILES string of the molecule is CNC(=O)Cc1ccccc1NC(=O)C=C(C)C. The fourth-order valence-electron chi connectivity index (χ4n) is 1.49. The predicted molar refractivity (Wildman–Crippen MR) is 72.3 cm³/mol. The first-order chi connectivity index (χ1) is 8.52. The summed E-state index contributed by atoms with van der Waals surface area (Å²) in [5, 5.41) is 5.34. The summed E-state index contributed by atoms with van der Waals surface area (Å²) in [5.41, 5.74) is 2.40. The Morgan fingerprint density at radius 3 is 2.50 bits per heavy atom. The number of amides is 2. The molecule has 0 spiro atoms. The molecule has 0 aliphatic heterocycles. The second-order valence-corrected chi connectivity index (χ2v) is 4.22. The maximum absolute atomic E-state index is 11.6. The van der Waals surface area contributed by atoms with Gasteiger partial charge in [-0.05, 0) is 25.5 Å². The molecule has 0 saturated heterocycles. The lowest BCUT2D eigenvalue weighted by Crippen LogP contribution is -2.21. The van der Waals surface area contributed by atoms with Crippen LogP contribution in [0.4, 0.5) is 5.69 Å². The molecule has 4 heteroatoms. The number of nitrogens with one attached hydrogen (secondary N) is 2. The van der Waals surface area contributed by atoms with E-state index in [4.69, 9.17) is 0 Å². The third kappa shape index (κ3) is 4.41. The molecule has 2 amide bonds. The number of carbonyl (C=O) groups excluding carboxylic acids is 2. The topological polar surface area (TPSA) is 58.2 Å². The van der Waals surface area contributed by atoms with Crippen molar-refractivity contribution in [2.24, 2.45) is 0 Å². The minimum atomic E-state index is -0.181. The molecule has 4 nitrogen and oxygen atoms in total. The Morgan fingerprint density at radius 1 is 1.22 bits per heavy atom. The van der Waals surface area contributed by atoms with Crippen LogP contribution in [0, 0.1) is 0 Å². The van der Waals surface area contributed by atoms with Gasteiger partial charge in [0, 0.05) is 18.8 Å². The lowest BCUT2D eigenvalue weighted by Gasteiger charge is -2.09. The fourth-order valence-corrected chi connectivity index (χ4v) is 1.49. The van der Waals surface area contributed by atoms with Crippen LogP contribution in [-0.4, -0.2) is 18.9 Å². The van der Waals surface area contributed by atoms with Gasteiger partial charge in [0.05, 0.1) is 6.42 Å². The Hall–Kier alpha value is -2.10. The van der Waals surface area contributed by atoms with Crippen LogP contribution in [0.2, 0.25) is 0 Å². The highest BCUT2D eigenvalue weighted by Gasteiger charge is 2.07. The maximum Gasteiger partial charge on any atom is 0.248 e. The zero-order valence-electron chi connectivity index (χ0n) is 10.9. The molecule has 0 radical (unpaired) electrons. The van der Waals surface area contributed by atoms with E-state index in [2.05, 4.69) is 10.6 Å². The average molecular weight is 246 g/mol. The average Bonchev–Trinajstić information content (AvgIpc) is 2.30. The van der Waals surface area contributed by atoms with Gasteiger partial charge in [0.25, 0.3) is 0 Å². The maximum atomic E-state index is 11.6. The summed E-state index contributed by atoms with van der Waals surface area (Å²) in [6.45, 7) is 3.71. The van der Waals surface area contributed by atoms with Gasteiger partial charge in [-0.25, -0.2) is 0 Å². The smallest absolute Gasteiger partial charge is 0.248 e. The van der Waals surface area contributed by atoms with Crippen LogP contribution >= 0.6 is 0 Å². The zero-order valence-corrected chi connectivity index (χ0v) is 10.9. The minimum Gasteiger partial charge on any atom is -0.359 e. The summed E-state index contributed by atoms with van der Waals surface area (Å²) in [6.07, 6.45) is 1.78. The van der Waals surface area contributed by atoms with E-state index in [-0.39, 0.29) is 18.2 Å². The highest BCUT2D eigenvalue weighted by molar-refractivity contribution is 6.00. The molecular formula is C14H18N2O2. The summed E-state index contributed by atoms with van der Waals surface area (Å²) in [5.74, 6) is -0.265. The highest BCUT2D eigenvalue weighted by atomic mass is 16.2. The Balaban J connectivity index is 2.85. The van der Waals surface area contributed by atoms with E-state index in [1.807, 2.05) is 32.0 Å². The zero-order chi connectivity index (χ0) is 13.5. The third-order valence-electron chi connectivity index (χ3n) is 2.32. The summed E-state index contributed by atoms with van der Waals surface area (Å²) >= 11 is 0. The van der Waals surface area contributed by atoms with Crippen LogP contribution in [-0.2, 0) is 16.0 Å². The molecular weight excluding hydrogens is 228 g/mol. The Morgan fingerprint density at radius 2 is 1.89 bits per heavy atom. The fraction of sp³-hybridized carbons (Fsp3) is 0.286. The number of para-hydroxylation sites is 1. The summed E-state index contributed by atoms with van der Waals surface area (Å²) in [7, 11) is 1.59. The van der Waals surface area contributed by atoms with Crippen LogP contribution in [0.3, 0.4) is 0 Å². The van der Waals surface area contributed by atoms with Gasteiger partial charge in [-0.15, -0.1) is 0 Å². The van der Waals surface area contributed by atoms with Crippen molar-refractivity contribution in [2.45, 2.75) is 20.3 Å². The molecule has 1 aromatic carbocycles. The number of allylic oxidation sites excluding steroid dienone is 1. The molecule has 1 aromatic rings. The molecule has 2 N–H and O–H groups in total. The first-order valence-electron chi connectivity index (χ1n) is 5.77. The van der Waals surface area contributed by atoms with Gasteiger partial charge in [0.15, 0.2) is 0 Å². The second kappa shape index (κ2) is 6.59. The summed E-state index contributed by atoms with van der Waals surface area (Å²) in [6, 6.07) is 7.28. The van der Waals surface area contributed by atoms with Crippen LogP contribution in [0.1, 0.15) is 19.4 Å². The predicted octanol–water partition coefficient (Wildman–Crippen LogP) is 1.88. The van der Waals surface area contributed by atoms with Gasteiger partial charge in [0.2, 0.25) is 11.8 Å². The molecule has 0 saturated carbocycles. The van der Waals surface area contributed by atoms with Gasteiger partial charge < -0.3 is 10.6 Å². The van der Waals surface area contributed by atoms with Gasteiger partial charge in [-0.1, -0.05) is 23.8 Å². The molecule has 0 fully saturated rings. The van der Waals surface area contributed by atoms with Crippen LogP contribution in [0.25, 0.3) is 0 Å². The molecule has 0 unspecified atom stereocenters. The van der Waals surface area contributed by atoms with Crippen molar-refractivity contribution in [1.29, 1.82) is 0 Å². The van der Waals surface area contributed by atoms with E-state index in [0.717, 1.165) is 11.1 Å². The van der Waals surface area contributed by atoms with Crippen LogP contribution in [0.5, 0.6) is 0 Å². The van der Waals surface area contributed by atoms with Crippen molar-refractivity contribution in [3.63, 3.8) is 0 Å². The summed E-state index contributed by atoms with van der Waals surface area (Å²) < 4.78 is 0. The van der Waals surface area contributed by atoms with Gasteiger partial charge in [-0.2, -0.15) is 0 Å². The van der Waals surface area contributed by atoms with Crippen molar-refractivity contribution >= 4 is 17.5 Å². The monoisotopic (exact) mass is 246 g/mol. The lowest BCUT2D eigenvalue weighted by molar-refractivity contribution is -0.120. The highest BCUT2D eigenvalue weighted by Crippen LogP contribution is 2.15. The second-order valence-electron chi connectivity index (χ2n) is 4.22. The Labute approximate surface area is 107 Å². The Kier molecular flexibility index (Phi) is 5.11. The quantitative estimate of drug-likeness (QED) is 0.797. The number of rotatable bonds is 4. The van der Waals surface area contributed by atoms with E-state index in [0.29, 0.717) is 5.69 Å². The molecule has 0 bridgehead atoms. The molecule has 0 heterocycles. The number of likely N-dealkylation sites (N-methyl/N-ethyl adjacent to an activating group) is 1. The first kappa shape index (κ1) is 14.0. The molecule has 96 valence electrons. The largest absolute Gasteiger partial charge is 0.359 e. The van der Waals surface area contributed by atoms with E-state index < -0.39 is 0 Å². The summed E-state index contributed by atoms with van der Waals surface area (Å²) in [4.78, 5) is 23.0. The molecule has 0 atom stereocenters. The molecule has 1 rings (SSSR count). The molecule has 0 aliphatic carbocycles. The van der Waals surface area contributed by atoms with E-state index in [1.165, 1.54) is 6.08 Å². The molecule has 0 aromatic heterocycles. The number of benzene rings is 1. The van der Waals surface area contributed by atoms with Crippen molar-refractivity contribution in [3.05, 3.63) is 41.5 Å². The minimum absolute atomic E-state index is 0.0843. The van der Waals surface area contributed by atoms with Crippen LogP contribution in [0.15, 0.2) is 35.9 Å². The van der Waals surface area contributed by atoms with Crippen molar-refractivity contribution < 1.29 is 9.59 Å². The van der Waals surface area contributed by atoms with Gasteiger partial charge in [-0.3, -0.25) is 9.59 Å². The van der Waals surface area contributed by atoms with Crippen molar-refractivity contribution in [1.82, 2.24) is 5.32 Å². The normalized spacial score (nSPS) is 9.50. The van der Waals surface area contributed by atoms with Gasteiger partial charge >= 0.3 is 0 Å². The first-order valence-corrected chi connectivity index (χ1v) is 5.77. The number of carbonyl (C=O) groups is 2.